The third-order valence-corrected chi connectivity index (χ3v) is 2.85. The monoisotopic (exact) mass is 214 g/mol. The zero-order chi connectivity index (χ0) is 9.68. The lowest BCUT2D eigenvalue weighted by atomic mass is 10.3. The molecule has 1 aromatic rings. The molecular weight excluding hydrogens is 204 g/mol. The summed E-state index contributed by atoms with van der Waals surface area (Å²) < 4.78 is 5.04. The molecule has 0 aromatic heterocycles. The van der Waals surface area contributed by atoms with Crippen LogP contribution in [0, 0.1) is 0 Å². The van der Waals surface area contributed by atoms with E-state index in [0.717, 1.165) is 11.5 Å². The van der Waals surface area contributed by atoms with E-state index in [4.69, 9.17) is 16.3 Å². The van der Waals surface area contributed by atoms with Gasteiger partial charge in [-0.05, 0) is 24.3 Å². The van der Waals surface area contributed by atoms with E-state index in [1.165, 1.54) is 4.90 Å². The van der Waals surface area contributed by atoms with Crippen molar-refractivity contribution < 1.29 is 4.74 Å². The maximum atomic E-state index is 5.65. The van der Waals surface area contributed by atoms with Crippen LogP contribution in [0.3, 0.4) is 0 Å². The molecule has 0 saturated heterocycles. The number of benzene rings is 1. The summed E-state index contributed by atoms with van der Waals surface area (Å²) >= 11 is 7.31. The molecule has 0 fully saturated rings. The number of halogens is 1. The Labute approximate surface area is 87.7 Å². The van der Waals surface area contributed by atoms with Crippen LogP contribution in [-0.4, -0.2) is 12.9 Å². The Morgan fingerprint density at radius 2 is 2.08 bits per heavy atom. The van der Waals surface area contributed by atoms with E-state index in [2.05, 4.69) is 6.58 Å². The highest BCUT2D eigenvalue weighted by Gasteiger charge is 1.95. The van der Waals surface area contributed by atoms with Gasteiger partial charge in [0.25, 0.3) is 0 Å². The summed E-state index contributed by atoms with van der Waals surface area (Å²) in [7, 11) is 1.66. The maximum Gasteiger partial charge on any atom is 0.118 e. The predicted molar refractivity (Wildman–Crippen MR) is 58.7 cm³/mol. The molecule has 70 valence electrons. The van der Waals surface area contributed by atoms with Gasteiger partial charge in [-0.25, -0.2) is 0 Å². The second-order valence-electron chi connectivity index (χ2n) is 2.48. The van der Waals surface area contributed by atoms with Gasteiger partial charge in [-0.2, -0.15) is 0 Å². The van der Waals surface area contributed by atoms with Gasteiger partial charge in [0.15, 0.2) is 0 Å². The molecule has 3 heteroatoms. The first-order chi connectivity index (χ1) is 6.22. The zero-order valence-electron chi connectivity index (χ0n) is 7.42. The number of hydrogen-bond donors (Lipinski definition) is 0. The van der Waals surface area contributed by atoms with Crippen LogP contribution in [-0.2, 0) is 0 Å². The van der Waals surface area contributed by atoms with E-state index >= 15 is 0 Å². The van der Waals surface area contributed by atoms with E-state index in [1.54, 1.807) is 18.9 Å². The van der Waals surface area contributed by atoms with Crippen molar-refractivity contribution in [2.45, 2.75) is 4.90 Å². The van der Waals surface area contributed by atoms with Crippen LogP contribution >= 0.6 is 23.4 Å². The Morgan fingerprint density at radius 3 is 2.54 bits per heavy atom. The van der Waals surface area contributed by atoms with Gasteiger partial charge in [-0.1, -0.05) is 18.2 Å². The molecule has 0 aliphatic carbocycles. The minimum Gasteiger partial charge on any atom is -0.497 e. The van der Waals surface area contributed by atoms with Crippen molar-refractivity contribution in [2.24, 2.45) is 0 Å². The van der Waals surface area contributed by atoms with Gasteiger partial charge in [-0.15, -0.1) is 11.8 Å². The Bertz CT molecular complexity index is 281. The topological polar surface area (TPSA) is 9.23 Å². The van der Waals surface area contributed by atoms with Crippen LogP contribution in [0.25, 0.3) is 0 Å². The van der Waals surface area contributed by atoms with Gasteiger partial charge in [0, 0.05) is 15.7 Å². The largest absolute Gasteiger partial charge is 0.497 e. The van der Waals surface area contributed by atoms with Gasteiger partial charge in [0.05, 0.1) is 7.11 Å². The van der Waals surface area contributed by atoms with Crippen LogP contribution < -0.4 is 4.74 Å². The van der Waals surface area contributed by atoms with Crippen molar-refractivity contribution in [1.82, 2.24) is 0 Å². The van der Waals surface area contributed by atoms with E-state index in [1.807, 2.05) is 24.3 Å². The average Bonchev–Trinajstić information content (AvgIpc) is 2.15. The highest BCUT2D eigenvalue weighted by atomic mass is 35.5. The second kappa shape index (κ2) is 5.20. The van der Waals surface area contributed by atoms with Crippen LogP contribution in [0.5, 0.6) is 5.75 Å². The molecule has 0 N–H and O–H groups in total. The minimum absolute atomic E-state index is 0.667. The average molecular weight is 215 g/mol. The third-order valence-electron chi connectivity index (χ3n) is 1.45. The van der Waals surface area contributed by atoms with E-state index in [0.29, 0.717) is 5.03 Å². The molecule has 1 aromatic carbocycles. The third kappa shape index (κ3) is 3.75. The fraction of sp³-hybridized carbons (Fsp3) is 0.200. The SMILES string of the molecule is C=C(Cl)CSc1ccc(OC)cc1. The summed E-state index contributed by atoms with van der Waals surface area (Å²) in [4.78, 5) is 1.17. The Balaban J connectivity index is 2.54. The molecule has 0 unspecified atom stereocenters. The fourth-order valence-electron chi connectivity index (χ4n) is 0.834. The summed E-state index contributed by atoms with van der Waals surface area (Å²) in [5.74, 6) is 1.61. The Morgan fingerprint density at radius 1 is 1.46 bits per heavy atom. The lowest BCUT2D eigenvalue weighted by Gasteiger charge is -2.01. The van der Waals surface area contributed by atoms with Crippen LogP contribution in [0.1, 0.15) is 0 Å². The quantitative estimate of drug-likeness (QED) is 0.710. The van der Waals surface area contributed by atoms with Gasteiger partial charge >= 0.3 is 0 Å². The second-order valence-corrected chi connectivity index (χ2v) is 4.06. The van der Waals surface area contributed by atoms with Crippen molar-refractivity contribution in [1.29, 1.82) is 0 Å². The van der Waals surface area contributed by atoms with Crippen molar-refractivity contribution in [3.63, 3.8) is 0 Å². The highest BCUT2D eigenvalue weighted by Crippen LogP contribution is 2.23. The van der Waals surface area contributed by atoms with Crippen LogP contribution in [0.4, 0.5) is 0 Å². The van der Waals surface area contributed by atoms with Gasteiger partial charge < -0.3 is 4.74 Å². The lowest BCUT2D eigenvalue weighted by molar-refractivity contribution is 0.414. The first-order valence-electron chi connectivity index (χ1n) is 3.82. The molecule has 1 rings (SSSR count). The van der Waals surface area contributed by atoms with Crippen molar-refractivity contribution in [3.05, 3.63) is 35.9 Å². The standard InChI is InChI=1S/C10H11ClOS/c1-8(11)7-13-10-5-3-9(12-2)4-6-10/h3-6H,1,7H2,2H3. The van der Waals surface area contributed by atoms with Crippen molar-refractivity contribution in [3.8, 4) is 5.75 Å². The van der Waals surface area contributed by atoms with Crippen LogP contribution in [0.2, 0.25) is 0 Å². The predicted octanol–water partition coefficient (Wildman–Crippen LogP) is 3.54. The van der Waals surface area contributed by atoms with Crippen LogP contribution in [0.15, 0.2) is 40.8 Å². The summed E-state index contributed by atoms with van der Waals surface area (Å²) in [5, 5.41) is 0.667. The molecule has 1 nitrogen and oxygen atoms in total. The zero-order valence-corrected chi connectivity index (χ0v) is 8.99. The highest BCUT2D eigenvalue weighted by molar-refractivity contribution is 7.99. The van der Waals surface area contributed by atoms with Gasteiger partial charge in [-0.3, -0.25) is 0 Å². The van der Waals surface area contributed by atoms with Gasteiger partial charge in [0.1, 0.15) is 5.75 Å². The van der Waals surface area contributed by atoms with E-state index in [-0.39, 0.29) is 0 Å². The molecule has 0 heterocycles. The first kappa shape index (κ1) is 10.5. The first-order valence-corrected chi connectivity index (χ1v) is 5.19. The van der Waals surface area contributed by atoms with Gasteiger partial charge in [0.2, 0.25) is 0 Å². The molecule has 0 spiro atoms. The molecule has 0 atom stereocenters. The number of ether oxygens (including phenoxy) is 1. The molecule has 0 aliphatic heterocycles. The Hall–Kier alpha value is -0.600. The number of thioether (sulfide) groups is 1. The van der Waals surface area contributed by atoms with E-state index in [9.17, 15) is 0 Å². The van der Waals surface area contributed by atoms with Crippen molar-refractivity contribution in [2.75, 3.05) is 12.9 Å². The summed E-state index contributed by atoms with van der Waals surface area (Å²) in [6.45, 7) is 3.62. The minimum atomic E-state index is 0.667. The molecule has 0 saturated carbocycles. The molecule has 0 amide bonds. The molecule has 0 bridgehead atoms. The number of methoxy groups -OCH3 is 1. The molecule has 13 heavy (non-hydrogen) atoms. The lowest BCUT2D eigenvalue weighted by Crippen LogP contribution is -1.82. The normalized spacial score (nSPS) is 9.69. The van der Waals surface area contributed by atoms with E-state index < -0.39 is 0 Å². The summed E-state index contributed by atoms with van der Waals surface area (Å²) in [6, 6.07) is 7.87. The number of rotatable bonds is 4. The molecule has 0 radical (unpaired) electrons. The maximum absolute atomic E-state index is 5.65. The summed E-state index contributed by atoms with van der Waals surface area (Å²) in [6.07, 6.45) is 0. The Kier molecular flexibility index (Phi) is 4.19. The molecular formula is C10H11ClOS. The van der Waals surface area contributed by atoms with Crippen molar-refractivity contribution >= 4 is 23.4 Å². The summed E-state index contributed by atoms with van der Waals surface area (Å²) in [5.41, 5.74) is 0. The smallest absolute Gasteiger partial charge is 0.118 e. The number of hydrogen-bond acceptors (Lipinski definition) is 2. The fourth-order valence-corrected chi connectivity index (χ4v) is 1.65. The molecule has 0 aliphatic rings.